The van der Waals surface area contributed by atoms with Gasteiger partial charge < -0.3 is 10.2 Å². The number of carbonyl (C=O) groups is 1. The number of nitrogens with one attached hydrogen (secondary N) is 1. The van der Waals surface area contributed by atoms with Crippen LogP contribution in [0.15, 0.2) is 23.0 Å². The van der Waals surface area contributed by atoms with Crippen molar-refractivity contribution in [2.45, 2.75) is 25.3 Å². The fourth-order valence-electron chi connectivity index (χ4n) is 2.41. The maximum atomic E-state index is 11.9. The number of anilines is 1. The first-order valence-corrected chi connectivity index (χ1v) is 8.31. The molecule has 0 atom stereocenters. The van der Waals surface area contributed by atoms with E-state index >= 15 is 0 Å². The standard InChI is InChI=1S/C13H16N4OS2/c18-13(7-10-3-6-19-9-10)15-11-1-4-17(5-2-11)12-8-14-20-16-12/h3,6,8-9,11H,1-2,4-5,7H2,(H,15,18). The summed E-state index contributed by atoms with van der Waals surface area (Å²) >= 11 is 2.86. The highest BCUT2D eigenvalue weighted by Crippen LogP contribution is 2.18. The van der Waals surface area contributed by atoms with Crippen molar-refractivity contribution >= 4 is 34.8 Å². The zero-order chi connectivity index (χ0) is 13.8. The Kier molecular flexibility index (Phi) is 4.27. The van der Waals surface area contributed by atoms with Crippen LogP contribution in [0.5, 0.6) is 0 Å². The number of rotatable bonds is 4. The van der Waals surface area contributed by atoms with E-state index < -0.39 is 0 Å². The molecule has 1 N–H and O–H groups in total. The molecule has 5 nitrogen and oxygen atoms in total. The third kappa shape index (κ3) is 3.34. The van der Waals surface area contributed by atoms with Gasteiger partial charge in [0.25, 0.3) is 0 Å². The molecule has 0 bridgehead atoms. The van der Waals surface area contributed by atoms with Gasteiger partial charge in [0, 0.05) is 19.1 Å². The molecular formula is C13H16N4OS2. The zero-order valence-corrected chi connectivity index (χ0v) is 12.6. The number of hydrogen-bond acceptors (Lipinski definition) is 6. The van der Waals surface area contributed by atoms with Crippen LogP contribution in [0.2, 0.25) is 0 Å². The molecule has 3 heterocycles. The minimum absolute atomic E-state index is 0.122. The Morgan fingerprint density at radius 2 is 2.30 bits per heavy atom. The summed E-state index contributed by atoms with van der Waals surface area (Å²) in [7, 11) is 0. The molecule has 1 aliphatic heterocycles. The van der Waals surface area contributed by atoms with Gasteiger partial charge in [0.15, 0.2) is 5.82 Å². The summed E-state index contributed by atoms with van der Waals surface area (Å²) in [6.45, 7) is 1.85. The largest absolute Gasteiger partial charge is 0.354 e. The molecule has 0 radical (unpaired) electrons. The second kappa shape index (κ2) is 6.32. The van der Waals surface area contributed by atoms with Gasteiger partial charge in [0.2, 0.25) is 5.91 Å². The van der Waals surface area contributed by atoms with E-state index in [9.17, 15) is 4.79 Å². The maximum absolute atomic E-state index is 11.9. The van der Waals surface area contributed by atoms with Crippen molar-refractivity contribution in [1.29, 1.82) is 0 Å². The third-order valence-corrected chi connectivity index (χ3v) is 4.68. The Morgan fingerprint density at radius 1 is 1.45 bits per heavy atom. The van der Waals surface area contributed by atoms with Crippen LogP contribution in [0, 0.1) is 0 Å². The summed E-state index contributed by atoms with van der Waals surface area (Å²) in [5.41, 5.74) is 1.10. The van der Waals surface area contributed by atoms with E-state index in [4.69, 9.17) is 0 Å². The quantitative estimate of drug-likeness (QED) is 0.937. The molecule has 0 spiro atoms. The van der Waals surface area contributed by atoms with Crippen LogP contribution in [-0.2, 0) is 11.2 Å². The van der Waals surface area contributed by atoms with Crippen LogP contribution in [0.3, 0.4) is 0 Å². The lowest BCUT2D eigenvalue weighted by Crippen LogP contribution is -2.45. The van der Waals surface area contributed by atoms with E-state index in [1.807, 2.05) is 16.8 Å². The van der Waals surface area contributed by atoms with E-state index in [2.05, 4.69) is 19.0 Å². The van der Waals surface area contributed by atoms with Gasteiger partial charge in [-0.2, -0.15) is 20.1 Å². The monoisotopic (exact) mass is 308 g/mol. The third-order valence-electron chi connectivity index (χ3n) is 3.48. The van der Waals surface area contributed by atoms with E-state index in [-0.39, 0.29) is 11.9 Å². The number of carbonyl (C=O) groups excluding carboxylic acids is 1. The number of piperidine rings is 1. The predicted octanol–water partition coefficient (Wildman–Crippen LogP) is 1.93. The molecule has 106 valence electrons. The summed E-state index contributed by atoms with van der Waals surface area (Å²) in [5.74, 6) is 1.08. The van der Waals surface area contributed by atoms with E-state index in [1.165, 1.54) is 11.7 Å². The lowest BCUT2D eigenvalue weighted by Gasteiger charge is -2.32. The molecule has 0 unspecified atom stereocenters. The predicted molar refractivity (Wildman–Crippen MR) is 81.3 cm³/mol. The Hall–Kier alpha value is -1.47. The molecule has 2 aromatic heterocycles. The van der Waals surface area contributed by atoms with Crippen molar-refractivity contribution in [1.82, 2.24) is 14.1 Å². The van der Waals surface area contributed by atoms with Crippen LogP contribution in [-0.4, -0.2) is 33.8 Å². The number of hydrogen-bond donors (Lipinski definition) is 1. The Balaban J connectivity index is 1.45. The van der Waals surface area contributed by atoms with Gasteiger partial charge >= 0.3 is 0 Å². The number of thiophene rings is 1. The number of aromatic nitrogens is 2. The molecule has 0 aliphatic carbocycles. The fraction of sp³-hybridized carbons (Fsp3) is 0.462. The first kappa shape index (κ1) is 13.5. The number of nitrogens with zero attached hydrogens (tertiary/aromatic N) is 3. The fourth-order valence-corrected chi connectivity index (χ4v) is 3.51. The van der Waals surface area contributed by atoms with Crippen molar-refractivity contribution in [3.63, 3.8) is 0 Å². The lowest BCUT2D eigenvalue weighted by molar-refractivity contribution is -0.121. The molecule has 1 aliphatic rings. The lowest BCUT2D eigenvalue weighted by atomic mass is 10.0. The van der Waals surface area contributed by atoms with Gasteiger partial charge in [-0.05, 0) is 35.2 Å². The Morgan fingerprint density at radius 3 is 2.95 bits per heavy atom. The van der Waals surface area contributed by atoms with Gasteiger partial charge in [-0.1, -0.05) is 0 Å². The van der Waals surface area contributed by atoms with Crippen molar-refractivity contribution in [3.05, 3.63) is 28.6 Å². The van der Waals surface area contributed by atoms with Crippen molar-refractivity contribution in [2.75, 3.05) is 18.0 Å². The van der Waals surface area contributed by atoms with Crippen LogP contribution in [0.4, 0.5) is 5.82 Å². The normalized spacial score (nSPS) is 16.3. The summed E-state index contributed by atoms with van der Waals surface area (Å²) in [5, 5.41) is 7.16. The summed E-state index contributed by atoms with van der Waals surface area (Å²) in [6, 6.07) is 2.28. The minimum atomic E-state index is 0.122. The van der Waals surface area contributed by atoms with Crippen molar-refractivity contribution < 1.29 is 4.79 Å². The average molecular weight is 308 g/mol. The Bertz CT molecular complexity index is 533. The molecule has 1 saturated heterocycles. The average Bonchev–Trinajstić information content (AvgIpc) is 3.12. The first-order valence-electron chi connectivity index (χ1n) is 6.64. The van der Waals surface area contributed by atoms with Crippen molar-refractivity contribution in [3.8, 4) is 0 Å². The molecule has 0 aromatic carbocycles. The van der Waals surface area contributed by atoms with Gasteiger partial charge in [-0.25, -0.2) is 0 Å². The summed E-state index contributed by atoms with van der Waals surface area (Å²) < 4.78 is 8.27. The minimum Gasteiger partial charge on any atom is -0.354 e. The maximum Gasteiger partial charge on any atom is 0.224 e. The highest BCUT2D eigenvalue weighted by atomic mass is 32.1. The summed E-state index contributed by atoms with van der Waals surface area (Å²) in [6.07, 6.45) is 4.22. The van der Waals surface area contributed by atoms with Crippen LogP contribution >= 0.6 is 23.1 Å². The SMILES string of the molecule is O=C(Cc1ccsc1)NC1CCN(c2cnsn2)CC1. The summed E-state index contributed by atoms with van der Waals surface area (Å²) in [4.78, 5) is 14.2. The topological polar surface area (TPSA) is 58.1 Å². The van der Waals surface area contributed by atoms with Crippen LogP contribution in [0.1, 0.15) is 18.4 Å². The van der Waals surface area contributed by atoms with E-state index in [1.54, 1.807) is 17.5 Å². The van der Waals surface area contributed by atoms with Crippen molar-refractivity contribution in [2.24, 2.45) is 0 Å². The Labute approximate surface area is 126 Å². The molecule has 2 aromatic rings. The second-order valence-corrected chi connectivity index (χ2v) is 6.24. The highest BCUT2D eigenvalue weighted by Gasteiger charge is 2.21. The molecule has 20 heavy (non-hydrogen) atoms. The smallest absolute Gasteiger partial charge is 0.224 e. The first-order chi connectivity index (χ1) is 9.81. The number of amides is 1. The molecule has 7 heteroatoms. The molecule has 0 saturated carbocycles. The van der Waals surface area contributed by atoms with Gasteiger partial charge in [-0.15, -0.1) is 0 Å². The van der Waals surface area contributed by atoms with Gasteiger partial charge in [-0.3, -0.25) is 4.79 Å². The van der Waals surface area contributed by atoms with Crippen LogP contribution < -0.4 is 10.2 Å². The molecule has 3 rings (SSSR count). The van der Waals surface area contributed by atoms with Gasteiger partial charge in [0.05, 0.1) is 24.3 Å². The highest BCUT2D eigenvalue weighted by molar-refractivity contribution is 7.08. The molecule has 1 amide bonds. The second-order valence-electron chi connectivity index (χ2n) is 4.90. The molecule has 1 fully saturated rings. The van der Waals surface area contributed by atoms with Gasteiger partial charge in [0.1, 0.15) is 0 Å². The molecular weight excluding hydrogens is 292 g/mol. The van der Waals surface area contributed by atoms with E-state index in [0.717, 1.165) is 37.3 Å². The van der Waals surface area contributed by atoms with E-state index in [0.29, 0.717) is 6.42 Å². The van der Waals surface area contributed by atoms with Crippen LogP contribution in [0.25, 0.3) is 0 Å². The zero-order valence-electron chi connectivity index (χ0n) is 11.0.